The van der Waals surface area contributed by atoms with Gasteiger partial charge in [-0.05, 0) is 36.4 Å². The first-order chi connectivity index (χ1) is 8.65. The summed E-state index contributed by atoms with van der Waals surface area (Å²) in [7, 11) is -3.14. The lowest BCUT2D eigenvalue weighted by Crippen LogP contribution is -2.26. The molecular formula is C12H13NO3S2. The summed E-state index contributed by atoms with van der Waals surface area (Å²) in [6, 6.07) is 5.65. The van der Waals surface area contributed by atoms with Gasteiger partial charge >= 0.3 is 0 Å². The molecule has 1 aliphatic carbocycles. The Morgan fingerprint density at radius 1 is 1.33 bits per heavy atom. The summed E-state index contributed by atoms with van der Waals surface area (Å²) >= 11 is 1.60. The monoisotopic (exact) mass is 283 g/mol. The molecule has 1 saturated carbocycles. The average molecular weight is 283 g/mol. The van der Waals surface area contributed by atoms with Crippen LogP contribution in [0.3, 0.4) is 0 Å². The Hall–Kier alpha value is -1.11. The molecule has 1 fully saturated rings. The van der Waals surface area contributed by atoms with Gasteiger partial charge < -0.3 is 4.42 Å². The molecule has 0 bridgehead atoms. The van der Waals surface area contributed by atoms with Gasteiger partial charge in [-0.15, -0.1) is 0 Å². The Kier molecular flexibility index (Phi) is 3.01. The van der Waals surface area contributed by atoms with E-state index < -0.39 is 10.0 Å². The van der Waals surface area contributed by atoms with E-state index in [1.807, 2.05) is 29.0 Å². The van der Waals surface area contributed by atoms with E-state index in [0.29, 0.717) is 5.76 Å². The van der Waals surface area contributed by atoms with Crippen molar-refractivity contribution < 1.29 is 12.8 Å². The van der Waals surface area contributed by atoms with Crippen LogP contribution in [0.4, 0.5) is 0 Å². The van der Waals surface area contributed by atoms with Crippen LogP contribution in [-0.2, 0) is 16.6 Å². The van der Waals surface area contributed by atoms with E-state index in [2.05, 4.69) is 4.72 Å². The fourth-order valence-electron chi connectivity index (χ4n) is 1.70. The molecule has 2 aromatic heterocycles. The van der Waals surface area contributed by atoms with E-state index in [1.165, 1.54) is 0 Å². The molecule has 0 spiro atoms. The molecule has 0 unspecified atom stereocenters. The zero-order chi connectivity index (χ0) is 12.6. The van der Waals surface area contributed by atoms with Gasteiger partial charge in [-0.25, -0.2) is 13.1 Å². The molecule has 4 nitrogen and oxygen atoms in total. The second-order valence-corrected chi connectivity index (χ2v) is 7.17. The molecule has 0 saturated heterocycles. The lowest BCUT2D eigenvalue weighted by molar-refractivity contribution is 0.509. The lowest BCUT2D eigenvalue weighted by atomic mass is 10.3. The molecule has 1 aliphatic rings. The van der Waals surface area contributed by atoms with Crippen LogP contribution in [0.1, 0.15) is 18.6 Å². The van der Waals surface area contributed by atoms with Gasteiger partial charge in [0.25, 0.3) is 0 Å². The van der Waals surface area contributed by atoms with Gasteiger partial charge in [0.15, 0.2) is 0 Å². The zero-order valence-corrected chi connectivity index (χ0v) is 11.3. The molecule has 0 atom stereocenters. The largest absolute Gasteiger partial charge is 0.460 e. The van der Waals surface area contributed by atoms with Gasteiger partial charge in [0.2, 0.25) is 10.0 Å². The van der Waals surface area contributed by atoms with Crippen LogP contribution in [0.2, 0.25) is 0 Å². The number of hydrogen-bond acceptors (Lipinski definition) is 4. The van der Waals surface area contributed by atoms with Crippen molar-refractivity contribution in [3.63, 3.8) is 0 Å². The standard InChI is InChI=1S/C12H13NO3S2/c14-18(15,11-2-3-11)13-7-10-1-4-12(16-10)9-5-6-17-8-9/h1,4-6,8,11,13H,2-3,7H2. The van der Waals surface area contributed by atoms with E-state index in [-0.39, 0.29) is 11.8 Å². The number of rotatable bonds is 5. The van der Waals surface area contributed by atoms with E-state index in [1.54, 1.807) is 11.3 Å². The minimum atomic E-state index is -3.14. The second kappa shape index (κ2) is 4.53. The maximum atomic E-state index is 11.7. The van der Waals surface area contributed by atoms with Gasteiger partial charge in [0.05, 0.1) is 11.8 Å². The smallest absolute Gasteiger partial charge is 0.214 e. The number of sulfonamides is 1. The van der Waals surface area contributed by atoms with Crippen molar-refractivity contribution in [2.24, 2.45) is 0 Å². The quantitative estimate of drug-likeness (QED) is 0.917. The van der Waals surface area contributed by atoms with Gasteiger partial charge in [-0.1, -0.05) is 0 Å². The summed E-state index contributed by atoms with van der Waals surface area (Å²) in [6.45, 7) is 0.225. The third kappa shape index (κ3) is 2.50. The number of furan rings is 1. The summed E-state index contributed by atoms with van der Waals surface area (Å²) in [5.41, 5.74) is 1.02. The van der Waals surface area contributed by atoms with Crippen LogP contribution >= 0.6 is 11.3 Å². The Bertz CT molecular complexity index is 624. The first-order valence-electron chi connectivity index (χ1n) is 5.75. The van der Waals surface area contributed by atoms with Crippen LogP contribution in [-0.4, -0.2) is 13.7 Å². The van der Waals surface area contributed by atoms with Crippen LogP contribution in [0.15, 0.2) is 33.4 Å². The van der Waals surface area contributed by atoms with Crippen molar-refractivity contribution in [1.82, 2.24) is 4.72 Å². The molecule has 0 radical (unpaired) electrons. The van der Waals surface area contributed by atoms with Crippen LogP contribution < -0.4 is 4.72 Å². The van der Waals surface area contributed by atoms with Gasteiger partial charge in [0, 0.05) is 10.9 Å². The van der Waals surface area contributed by atoms with Gasteiger partial charge in [-0.2, -0.15) is 11.3 Å². The molecule has 3 rings (SSSR count). The molecule has 0 aromatic carbocycles. The maximum Gasteiger partial charge on any atom is 0.214 e. The highest BCUT2D eigenvalue weighted by atomic mass is 32.2. The molecule has 1 N–H and O–H groups in total. The van der Waals surface area contributed by atoms with Crippen LogP contribution in [0.25, 0.3) is 11.3 Å². The van der Waals surface area contributed by atoms with E-state index >= 15 is 0 Å². The first-order valence-corrected chi connectivity index (χ1v) is 8.24. The number of hydrogen-bond donors (Lipinski definition) is 1. The minimum Gasteiger partial charge on any atom is -0.460 e. The van der Waals surface area contributed by atoms with E-state index in [0.717, 1.165) is 24.2 Å². The molecule has 18 heavy (non-hydrogen) atoms. The first kappa shape index (κ1) is 12.0. The molecule has 2 heterocycles. The normalized spacial score (nSPS) is 16.0. The van der Waals surface area contributed by atoms with Crippen molar-refractivity contribution in [1.29, 1.82) is 0 Å². The molecule has 6 heteroatoms. The third-order valence-electron chi connectivity index (χ3n) is 2.88. The fourth-order valence-corrected chi connectivity index (χ4v) is 3.68. The zero-order valence-electron chi connectivity index (χ0n) is 9.63. The van der Waals surface area contributed by atoms with Crippen molar-refractivity contribution in [2.45, 2.75) is 24.6 Å². The highest BCUT2D eigenvalue weighted by Crippen LogP contribution is 2.28. The van der Waals surface area contributed by atoms with Crippen molar-refractivity contribution in [3.05, 3.63) is 34.7 Å². The van der Waals surface area contributed by atoms with Gasteiger partial charge in [-0.3, -0.25) is 0 Å². The molecular weight excluding hydrogens is 270 g/mol. The van der Waals surface area contributed by atoms with Crippen LogP contribution in [0, 0.1) is 0 Å². The number of thiophene rings is 1. The second-order valence-electron chi connectivity index (χ2n) is 4.34. The molecule has 0 aliphatic heterocycles. The number of nitrogens with one attached hydrogen (secondary N) is 1. The fraction of sp³-hybridized carbons (Fsp3) is 0.333. The summed E-state index contributed by atoms with van der Waals surface area (Å²) < 4.78 is 31.5. The Labute approximate surface area is 110 Å². The molecule has 96 valence electrons. The highest BCUT2D eigenvalue weighted by Gasteiger charge is 2.35. The van der Waals surface area contributed by atoms with Gasteiger partial charge in [0.1, 0.15) is 11.5 Å². The predicted octanol–water partition coefficient (Wildman–Crippen LogP) is 2.59. The van der Waals surface area contributed by atoms with Crippen molar-refractivity contribution in [2.75, 3.05) is 0 Å². The summed E-state index contributed by atoms with van der Waals surface area (Å²) in [5.74, 6) is 1.41. The van der Waals surface area contributed by atoms with Crippen molar-refractivity contribution >= 4 is 21.4 Å². The van der Waals surface area contributed by atoms with E-state index in [9.17, 15) is 8.42 Å². The van der Waals surface area contributed by atoms with Crippen molar-refractivity contribution in [3.8, 4) is 11.3 Å². The Balaban J connectivity index is 1.67. The van der Waals surface area contributed by atoms with Crippen LogP contribution in [0.5, 0.6) is 0 Å². The lowest BCUT2D eigenvalue weighted by Gasteiger charge is -2.02. The third-order valence-corrected chi connectivity index (χ3v) is 5.46. The highest BCUT2D eigenvalue weighted by molar-refractivity contribution is 7.90. The topological polar surface area (TPSA) is 59.3 Å². The predicted molar refractivity (Wildman–Crippen MR) is 70.8 cm³/mol. The Morgan fingerprint density at radius 2 is 2.17 bits per heavy atom. The average Bonchev–Trinajstić information content (AvgIpc) is 2.91. The van der Waals surface area contributed by atoms with E-state index in [4.69, 9.17) is 4.42 Å². The summed E-state index contributed by atoms with van der Waals surface area (Å²) in [4.78, 5) is 0. The molecule has 2 aromatic rings. The SMILES string of the molecule is O=S(=O)(NCc1ccc(-c2ccsc2)o1)C1CC1. The maximum absolute atomic E-state index is 11.7. The molecule has 0 amide bonds. The Morgan fingerprint density at radius 3 is 2.83 bits per heavy atom. The summed E-state index contributed by atoms with van der Waals surface area (Å²) in [6.07, 6.45) is 1.54. The minimum absolute atomic E-state index is 0.191. The summed E-state index contributed by atoms with van der Waals surface area (Å²) in [5, 5.41) is 3.79.